The summed E-state index contributed by atoms with van der Waals surface area (Å²) in [6, 6.07) is 4.92. The molecule has 146 valence electrons. The maximum absolute atomic E-state index is 12.4. The number of amides is 2. The first-order valence-corrected chi connectivity index (χ1v) is 9.86. The number of ether oxygens (including phenoxy) is 1. The van der Waals surface area contributed by atoms with E-state index in [0.717, 1.165) is 25.7 Å². The number of carbonyl (C=O) groups is 3. The zero-order valence-corrected chi connectivity index (χ0v) is 16.6. The van der Waals surface area contributed by atoms with Gasteiger partial charge < -0.3 is 15.0 Å². The SMILES string of the molecule is C[C@@H](OC(=O)[C@H]1CC(=O)N(C2CCCC2)C1)C(=O)Nc1ccc(Cl)cc1Cl. The van der Waals surface area contributed by atoms with Gasteiger partial charge in [-0.2, -0.15) is 0 Å². The Kier molecular flexibility index (Phi) is 6.27. The molecule has 2 atom stereocenters. The van der Waals surface area contributed by atoms with Crippen molar-refractivity contribution in [2.24, 2.45) is 5.92 Å². The molecular formula is C19H22Cl2N2O4. The van der Waals surface area contributed by atoms with Crippen LogP contribution in [0.5, 0.6) is 0 Å². The highest BCUT2D eigenvalue weighted by atomic mass is 35.5. The van der Waals surface area contributed by atoms with E-state index in [1.807, 2.05) is 0 Å². The lowest BCUT2D eigenvalue weighted by Gasteiger charge is -2.24. The van der Waals surface area contributed by atoms with E-state index < -0.39 is 23.9 Å². The molecular weight excluding hydrogens is 391 g/mol. The minimum atomic E-state index is -1.00. The van der Waals surface area contributed by atoms with Crippen molar-refractivity contribution in [2.45, 2.75) is 51.2 Å². The van der Waals surface area contributed by atoms with Crippen LogP contribution in [-0.4, -0.2) is 41.4 Å². The van der Waals surface area contributed by atoms with Gasteiger partial charge in [0, 0.05) is 24.0 Å². The molecule has 0 spiro atoms. The van der Waals surface area contributed by atoms with Crippen LogP contribution in [0.3, 0.4) is 0 Å². The second-order valence-electron chi connectivity index (χ2n) is 7.08. The standard InChI is InChI=1S/C19H22Cl2N2O4/c1-11(18(25)22-16-7-6-13(20)9-15(16)21)27-19(26)12-8-17(24)23(10-12)14-4-2-3-5-14/h6-7,9,11-12,14H,2-5,8,10H2,1H3,(H,22,25)/t11-,12+/m1/s1. The summed E-state index contributed by atoms with van der Waals surface area (Å²) in [5.74, 6) is -1.54. The Morgan fingerprint density at radius 3 is 2.63 bits per heavy atom. The molecule has 2 amide bonds. The third kappa shape index (κ3) is 4.74. The summed E-state index contributed by atoms with van der Waals surface area (Å²) in [6.45, 7) is 1.86. The fourth-order valence-corrected chi connectivity index (χ4v) is 4.06. The van der Waals surface area contributed by atoms with Crippen LogP contribution in [-0.2, 0) is 19.1 Å². The number of benzene rings is 1. The van der Waals surface area contributed by atoms with Crippen LogP contribution in [0.25, 0.3) is 0 Å². The predicted molar refractivity (Wildman–Crippen MR) is 103 cm³/mol. The topological polar surface area (TPSA) is 75.7 Å². The largest absolute Gasteiger partial charge is 0.452 e. The number of esters is 1. The first-order chi connectivity index (χ1) is 12.8. The second kappa shape index (κ2) is 8.48. The number of carbonyl (C=O) groups excluding carboxylic acids is 3. The summed E-state index contributed by atoms with van der Waals surface area (Å²) >= 11 is 11.9. The normalized spacial score (nSPS) is 21.4. The van der Waals surface area contributed by atoms with E-state index in [1.165, 1.54) is 13.0 Å². The Labute approximate surface area is 168 Å². The molecule has 0 bridgehead atoms. The molecule has 27 heavy (non-hydrogen) atoms. The number of halogens is 2. The third-order valence-electron chi connectivity index (χ3n) is 5.11. The number of likely N-dealkylation sites (tertiary alicyclic amines) is 1. The van der Waals surface area contributed by atoms with Crippen LogP contribution >= 0.6 is 23.2 Å². The smallest absolute Gasteiger partial charge is 0.312 e. The molecule has 1 saturated carbocycles. The van der Waals surface area contributed by atoms with Crippen LogP contribution in [0.4, 0.5) is 5.69 Å². The van der Waals surface area contributed by atoms with Gasteiger partial charge in [-0.25, -0.2) is 0 Å². The molecule has 1 heterocycles. The molecule has 1 aliphatic heterocycles. The molecule has 0 unspecified atom stereocenters. The summed E-state index contributed by atoms with van der Waals surface area (Å²) < 4.78 is 5.29. The molecule has 1 aromatic carbocycles. The minimum Gasteiger partial charge on any atom is -0.452 e. The Balaban J connectivity index is 1.54. The van der Waals surface area contributed by atoms with Gasteiger partial charge in [0.25, 0.3) is 5.91 Å². The molecule has 2 aliphatic rings. The molecule has 2 fully saturated rings. The van der Waals surface area contributed by atoms with Crippen molar-refractivity contribution >= 4 is 46.7 Å². The summed E-state index contributed by atoms with van der Waals surface area (Å²) in [6.07, 6.45) is 3.37. The van der Waals surface area contributed by atoms with Gasteiger partial charge in [-0.05, 0) is 38.0 Å². The van der Waals surface area contributed by atoms with Gasteiger partial charge in [-0.1, -0.05) is 36.0 Å². The third-order valence-corrected chi connectivity index (χ3v) is 5.66. The first-order valence-electron chi connectivity index (χ1n) is 9.11. The highest BCUT2D eigenvalue weighted by Crippen LogP contribution is 2.30. The van der Waals surface area contributed by atoms with Gasteiger partial charge in [0.05, 0.1) is 16.6 Å². The van der Waals surface area contributed by atoms with E-state index in [0.29, 0.717) is 22.3 Å². The Hall–Kier alpha value is -1.79. The lowest BCUT2D eigenvalue weighted by atomic mass is 10.1. The van der Waals surface area contributed by atoms with E-state index in [-0.39, 0.29) is 18.4 Å². The van der Waals surface area contributed by atoms with Gasteiger partial charge in [0.2, 0.25) is 5.91 Å². The predicted octanol–water partition coefficient (Wildman–Crippen LogP) is 3.65. The van der Waals surface area contributed by atoms with E-state index >= 15 is 0 Å². The molecule has 1 N–H and O–H groups in total. The minimum absolute atomic E-state index is 0.00565. The van der Waals surface area contributed by atoms with E-state index in [4.69, 9.17) is 27.9 Å². The van der Waals surface area contributed by atoms with Crippen LogP contribution < -0.4 is 5.32 Å². The highest BCUT2D eigenvalue weighted by Gasteiger charge is 2.40. The van der Waals surface area contributed by atoms with Crippen molar-refractivity contribution < 1.29 is 19.1 Å². The number of nitrogens with one attached hydrogen (secondary N) is 1. The fraction of sp³-hybridized carbons (Fsp3) is 0.526. The molecule has 0 radical (unpaired) electrons. The molecule has 1 aliphatic carbocycles. The van der Waals surface area contributed by atoms with Gasteiger partial charge in [-0.15, -0.1) is 0 Å². The maximum atomic E-state index is 12.4. The molecule has 1 saturated heterocycles. The Morgan fingerprint density at radius 2 is 1.96 bits per heavy atom. The number of anilines is 1. The number of nitrogens with zero attached hydrogens (tertiary/aromatic N) is 1. The number of rotatable bonds is 5. The van der Waals surface area contributed by atoms with Gasteiger partial charge in [-0.3, -0.25) is 14.4 Å². The number of hydrogen-bond donors (Lipinski definition) is 1. The molecule has 1 aromatic rings. The van der Waals surface area contributed by atoms with Crippen LogP contribution in [0.2, 0.25) is 10.0 Å². The molecule has 8 heteroatoms. The van der Waals surface area contributed by atoms with Crippen LogP contribution in [0.1, 0.15) is 39.0 Å². The van der Waals surface area contributed by atoms with E-state index in [9.17, 15) is 14.4 Å². The van der Waals surface area contributed by atoms with Crippen molar-refractivity contribution in [3.05, 3.63) is 28.2 Å². The zero-order valence-electron chi connectivity index (χ0n) is 15.0. The van der Waals surface area contributed by atoms with Crippen LogP contribution in [0.15, 0.2) is 18.2 Å². The molecule has 0 aromatic heterocycles. The van der Waals surface area contributed by atoms with Crippen molar-refractivity contribution in [3.63, 3.8) is 0 Å². The average Bonchev–Trinajstić information content (AvgIpc) is 3.26. The summed E-state index contributed by atoms with van der Waals surface area (Å²) in [4.78, 5) is 38.7. The van der Waals surface area contributed by atoms with E-state index in [2.05, 4.69) is 5.32 Å². The first kappa shape index (κ1) is 20.0. The average molecular weight is 413 g/mol. The second-order valence-corrected chi connectivity index (χ2v) is 7.92. The quantitative estimate of drug-likeness (QED) is 0.748. The summed E-state index contributed by atoms with van der Waals surface area (Å²) in [5.41, 5.74) is 0.386. The number of hydrogen-bond acceptors (Lipinski definition) is 4. The van der Waals surface area contributed by atoms with Crippen molar-refractivity contribution in [1.82, 2.24) is 4.90 Å². The lowest BCUT2D eigenvalue weighted by molar-refractivity contribution is -0.157. The maximum Gasteiger partial charge on any atom is 0.312 e. The molecule has 3 rings (SSSR count). The van der Waals surface area contributed by atoms with Crippen LogP contribution in [0, 0.1) is 5.92 Å². The van der Waals surface area contributed by atoms with Crippen molar-refractivity contribution in [1.29, 1.82) is 0 Å². The van der Waals surface area contributed by atoms with Gasteiger partial charge in [0.1, 0.15) is 0 Å². The zero-order chi connectivity index (χ0) is 19.6. The molecule has 6 nitrogen and oxygen atoms in total. The monoisotopic (exact) mass is 412 g/mol. The summed E-state index contributed by atoms with van der Waals surface area (Å²) in [7, 11) is 0. The lowest BCUT2D eigenvalue weighted by Crippen LogP contribution is -2.36. The van der Waals surface area contributed by atoms with Gasteiger partial charge in [0.15, 0.2) is 6.10 Å². The van der Waals surface area contributed by atoms with Crippen molar-refractivity contribution in [2.75, 3.05) is 11.9 Å². The highest BCUT2D eigenvalue weighted by molar-refractivity contribution is 6.36. The van der Waals surface area contributed by atoms with Gasteiger partial charge >= 0.3 is 5.97 Å². The fourth-order valence-electron chi connectivity index (χ4n) is 3.61. The Morgan fingerprint density at radius 1 is 1.26 bits per heavy atom. The van der Waals surface area contributed by atoms with E-state index in [1.54, 1.807) is 17.0 Å². The summed E-state index contributed by atoms with van der Waals surface area (Å²) in [5, 5.41) is 3.36. The Bertz CT molecular complexity index is 749. The van der Waals surface area contributed by atoms with Crippen molar-refractivity contribution in [3.8, 4) is 0 Å².